The summed E-state index contributed by atoms with van der Waals surface area (Å²) in [5.74, 6) is 0.0194. The van der Waals surface area contributed by atoms with Crippen molar-refractivity contribution in [2.24, 2.45) is 0 Å². The van der Waals surface area contributed by atoms with Crippen molar-refractivity contribution in [2.45, 2.75) is 5.75 Å². The van der Waals surface area contributed by atoms with E-state index < -0.39 is 21.6 Å². The molecule has 8 heteroatoms. The first kappa shape index (κ1) is 18.5. The molecule has 0 fully saturated rings. The van der Waals surface area contributed by atoms with Gasteiger partial charge in [0.05, 0.1) is 12.9 Å². The van der Waals surface area contributed by atoms with Crippen LogP contribution in [0.4, 0.5) is 4.39 Å². The van der Waals surface area contributed by atoms with Gasteiger partial charge in [0, 0.05) is 23.2 Å². The minimum atomic E-state index is -3.73. The van der Waals surface area contributed by atoms with Gasteiger partial charge in [-0.3, -0.25) is 0 Å². The number of ether oxygens (including phenoxy) is 2. The minimum Gasteiger partial charge on any atom is -0.497 e. The Balaban J connectivity index is 1.86. The van der Waals surface area contributed by atoms with Gasteiger partial charge < -0.3 is 9.47 Å². The zero-order valence-electron chi connectivity index (χ0n) is 13.0. The van der Waals surface area contributed by atoms with Crippen LogP contribution in [0.5, 0.6) is 11.5 Å². The van der Waals surface area contributed by atoms with Crippen LogP contribution in [0.3, 0.4) is 0 Å². The van der Waals surface area contributed by atoms with Crippen LogP contribution in [-0.4, -0.2) is 28.7 Å². The molecule has 0 aliphatic heterocycles. The van der Waals surface area contributed by atoms with E-state index in [0.29, 0.717) is 11.5 Å². The first-order chi connectivity index (χ1) is 11.4. The van der Waals surface area contributed by atoms with Crippen molar-refractivity contribution in [3.8, 4) is 11.5 Å². The fraction of sp³-hybridized carbons (Fsp3) is 0.250. The smallest absolute Gasteiger partial charge is 0.216 e. The second kappa shape index (κ2) is 8.32. The van der Waals surface area contributed by atoms with Gasteiger partial charge in [-0.15, -0.1) is 0 Å². The van der Waals surface area contributed by atoms with Crippen LogP contribution in [-0.2, 0) is 15.8 Å². The van der Waals surface area contributed by atoms with Gasteiger partial charge >= 0.3 is 0 Å². The topological polar surface area (TPSA) is 64.6 Å². The average Bonchev–Trinajstić information content (AvgIpc) is 2.55. The number of methoxy groups -OCH3 is 1. The summed E-state index contributed by atoms with van der Waals surface area (Å²) in [5, 5.41) is 0.0769. The monoisotopic (exact) mass is 373 g/mol. The molecule has 0 aromatic heterocycles. The van der Waals surface area contributed by atoms with E-state index in [1.165, 1.54) is 18.2 Å². The van der Waals surface area contributed by atoms with Gasteiger partial charge in [-0.25, -0.2) is 17.5 Å². The van der Waals surface area contributed by atoms with E-state index in [4.69, 9.17) is 21.1 Å². The third-order valence-electron chi connectivity index (χ3n) is 3.13. The first-order valence-corrected chi connectivity index (χ1v) is 9.11. The van der Waals surface area contributed by atoms with Crippen molar-refractivity contribution in [3.05, 3.63) is 58.9 Å². The quantitative estimate of drug-likeness (QED) is 0.722. The molecule has 0 unspecified atom stereocenters. The van der Waals surface area contributed by atoms with Crippen LogP contribution >= 0.6 is 11.6 Å². The van der Waals surface area contributed by atoms with E-state index in [1.54, 1.807) is 31.4 Å². The van der Waals surface area contributed by atoms with E-state index in [1.807, 2.05) is 0 Å². The summed E-state index contributed by atoms with van der Waals surface area (Å²) < 4.78 is 50.5. The van der Waals surface area contributed by atoms with Gasteiger partial charge in [0.1, 0.15) is 23.9 Å². The lowest BCUT2D eigenvalue weighted by molar-refractivity contribution is 0.320. The van der Waals surface area contributed by atoms with Crippen LogP contribution in [0.15, 0.2) is 42.5 Å². The highest BCUT2D eigenvalue weighted by Gasteiger charge is 2.16. The van der Waals surface area contributed by atoms with E-state index in [-0.39, 0.29) is 23.7 Å². The summed E-state index contributed by atoms with van der Waals surface area (Å²) in [7, 11) is -2.18. The molecule has 24 heavy (non-hydrogen) atoms. The van der Waals surface area contributed by atoms with Crippen LogP contribution in [0, 0.1) is 5.82 Å². The van der Waals surface area contributed by atoms with Gasteiger partial charge in [0.25, 0.3) is 0 Å². The van der Waals surface area contributed by atoms with Crippen LogP contribution < -0.4 is 14.2 Å². The van der Waals surface area contributed by atoms with Crippen LogP contribution in [0.25, 0.3) is 0 Å². The molecule has 0 heterocycles. The molecule has 0 radical (unpaired) electrons. The molecular formula is C16H17ClFNO4S. The molecule has 130 valence electrons. The maximum Gasteiger partial charge on any atom is 0.216 e. The average molecular weight is 374 g/mol. The van der Waals surface area contributed by atoms with Crippen LogP contribution in [0.1, 0.15) is 5.56 Å². The Hall–Kier alpha value is -1.83. The van der Waals surface area contributed by atoms with Crippen molar-refractivity contribution in [1.82, 2.24) is 4.72 Å². The maximum absolute atomic E-state index is 13.6. The molecule has 0 bridgehead atoms. The number of benzene rings is 2. The lowest BCUT2D eigenvalue weighted by Gasteiger charge is -2.10. The lowest BCUT2D eigenvalue weighted by Crippen LogP contribution is -2.29. The summed E-state index contributed by atoms with van der Waals surface area (Å²) in [5.41, 5.74) is -0.0552. The first-order valence-electron chi connectivity index (χ1n) is 7.08. The summed E-state index contributed by atoms with van der Waals surface area (Å²) in [4.78, 5) is 0. The van der Waals surface area contributed by atoms with E-state index >= 15 is 0 Å². The Morgan fingerprint density at radius 2 is 1.88 bits per heavy atom. The predicted molar refractivity (Wildman–Crippen MR) is 90.5 cm³/mol. The van der Waals surface area contributed by atoms with E-state index in [9.17, 15) is 12.8 Å². The Labute approximate surface area is 145 Å². The largest absolute Gasteiger partial charge is 0.497 e. The minimum absolute atomic E-state index is 0.0472. The van der Waals surface area contributed by atoms with E-state index in [2.05, 4.69) is 4.72 Å². The van der Waals surface area contributed by atoms with Crippen molar-refractivity contribution in [1.29, 1.82) is 0 Å². The third-order valence-corrected chi connectivity index (χ3v) is 4.80. The van der Waals surface area contributed by atoms with Crippen LogP contribution in [0.2, 0.25) is 5.02 Å². The third kappa shape index (κ3) is 5.36. The highest BCUT2D eigenvalue weighted by Crippen LogP contribution is 2.21. The molecule has 0 spiro atoms. The number of nitrogens with one attached hydrogen (secondary N) is 1. The highest BCUT2D eigenvalue weighted by molar-refractivity contribution is 7.88. The van der Waals surface area contributed by atoms with Gasteiger partial charge in [-0.2, -0.15) is 0 Å². The molecule has 2 rings (SSSR count). The zero-order chi connectivity index (χ0) is 17.6. The second-order valence-corrected chi connectivity index (χ2v) is 7.10. The van der Waals surface area contributed by atoms with Crippen molar-refractivity contribution >= 4 is 21.6 Å². The molecule has 0 aliphatic rings. The fourth-order valence-electron chi connectivity index (χ4n) is 1.97. The van der Waals surface area contributed by atoms with Crippen molar-refractivity contribution in [2.75, 3.05) is 20.3 Å². The van der Waals surface area contributed by atoms with E-state index in [0.717, 1.165) is 0 Å². The Kier molecular flexibility index (Phi) is 6.42. The molecule has 0 atom stereocenters. The number of hydrogen-bond donors (Lipinski definition) is 1. The number of rotatable bonds is 8. The van der Waals surface area contributed by atoms with Crippen molar-refractivity contribution < 1.29 is 22.3 Å². The summed E-state index contributed by atoms with van der Waals surface area (Å²) >= 11 is 5.84. The number of halogens is 2. The fourth-order valence-corrected chi connectivity index (χ4v) is 3.45. The summed E-state index contributed by atoms with van der Waals surface area (Å²) in [6, 6.07) is 11.0. The molecule has 2 aromatic carbocycles. The summed E-state index contributed by atoms with van der Waals surface area (Å²) in [6.07, 6.45) is 0. The second-order valence-electron chi connectivity index (χ2n) is 4.88. The number of hydrogen-bond acceptors (Lipinski definition) is 4. The van der Waals surface area contributed by atoms with Gasteiger partial charge in [0.15, 0.2) is 0 Å². The molecule has 1 N–H and O–H groups in total. The zero-order valence-corrected chi connectivity index (χ0v) is 14.5. The normalized spacial score (nSPS) is 11.3. The Bertz CT molecular complexity index is 778. The predicted octanol–water partition coefficient (Wildman–Crippen LogP) is 2.99. The molecule has 0 aliphatic carbocycles. The molecule has 0 saturated heterocycles. The summed E-state index contributed by atoms with van der Waals surface area (Å²) in [6.45, 7) is 0.170. The SMILES string of the molecule is COc1cccc(OCCNS(=O)(=O)Cc2c(F)cccc2Cl)c1. The highest BCUT2D eigenvalue weighted by atomic mass is 35.5. The molecule has 2 aromatic rings. The lowest BCUT2D eigenvalue weighted by atomic mass is 10.2. The molecule has 0 amide bonds. The van der Waals surface area contributed by atoms with Gasteiger partial charge in [-0.05, 0) is 24.3 Å². The van der Waals surface area contributed by atoms with Gasteiger partial charge in [-0.1, -0.05) is 23.7 Å². The Morgan fingerprint density at radius 1 is 1.17 bits per heavy atom. The standard InChI is InChI=1S/C16H17ClFNO4S/c1-22-12-4-2-5-13(10-12)23-9-8-19-24(20,21)11-14-15(17)6-3-7-16(14)18/h2-7,10,19H,8-9,11H2,1H3. The van der Waals surface area contributed by atoms with Gasteiger partial charge in [0.2, 0.25) is 10.0 Å². The molecular weight excluding hydrogens is 357 g/mol. The maximum atomic E-state index is 13.6. The Morgan fingerprint density at radius 3 is 2.58 bits per heavy atom. The molecule has 0 saturated carbocycles. The molecule has 5 nitrogen and oxygen atoms in total. The van der Waals surface area contributed by atoms with Crippen molar-refractivity contribution in [3.63, 3.8) is 0 Å². The number of sulfonamides is 1.